The Balaban J connectivity index is 5.22. The van der Waals surface area contributed by atoms with Crippen molar-refractivity contribution in [3.8, 4) is 0 Å². The quantitative estimate of drug-likeness (QED) is 0.422. The van der Waals surface area contributed by atoms with Gasteiger partial charge in [-0.3, -0.25) is 24.1 Å². The summed E-state index contributed by atoms with van der Waals surface area (Å²) in [5.74, 6) is -5.53. The largest absolute Gasteiger partial charge is 0.481 e. The van der Waals surface area contributed by atoms with Gasteiger partial charge in [0, 0.05) is 6.42 Å². The monoisotopic (exact) mass is 277 g/mol. The number of carboxylic acids is 4. The van der Waals surface area contributed by atoms with Crippen LogP contribution >= 0.6 is 0 Å². The smallest absolute Gasteiger partial charge is 0.323 e. The molecular weight excluding hydrogens is 262 g/mol. The normalized spacial score (nSPS) is 13.8. The molecule has 108 valence electrons. The summed E-state index contributed by atoms with van der Waals surface area (Å²) in [6, 6.07) is 0. The Morgan fingerprint density at radius 2 is 1.32 bits per heavy atom. The van der Waals surface area contributed by atoms with Crippen LogP contribution in [-0.2, 0) is 19.2 Å². The van der Waals surface area contributed by atoms with E-state index in [0.717, 1.165) is 6.92 Å². The second-order valence-electron chi connectivity index (χ2n) is 4.12. The molecule has 0 aliphatic heterocycles. The van der Waals surface area contributed by atoms with Crippen molar-refractivity contribution < 1.29 is 39.6 Å². The van der Waals surface area contributed by atoms with E-state index in [4.69, 9.17) is 20.4 Å². The number of aliphatic carboxylic acids is 4. The SMILES string of the molecule is CC(CCC(=O)O)(C(=O)O)N(CC(=O)O)CC(=O)O. The van der Waals surface area contributed by atoms with Crippen LogP contribution in [0.1, 0.15) is 19.8 Å². The second kappa shape index (κ2) is 6.69. The van der Waals surface area contributed by atoms with Gasteiger partial charge in [-0.15, -0.1) is 0 Å². The first kappa shape index (κ1) is 16.8. The first-order chi connectivity index (χ1) is 8.59. The molecule has 9 heteroatoms. The lowest BCUT2D eigenvalue weighted by molar-refractivity contribution is -0.157. The van der Waals surface area contributed by atoms with E-state index in [1.807, 2.05) is 0 Å². The highest BCUT2D eigenvalue weighted by Gasteiger charge is 2.41. The number of carbonyl (C=O) groups is 4. The average molecular weight is 277 g/mol. The maximum atomic E-state index is 11.2. The Morgan fingerprint density at radius 3 is 1.58 bits per heavy atom. The minimum absolute atomic E-state index is 0.405. The fourth-order valence-corrected chi connectivity index (χ4v) is 1.48. The summed E-state index contributed by atoms with van der Waals surface area (Å²) >= 11 is 0. The number of carboxylic acid groups (broad SMARTS) is 4. The highest BCUT2D eigenvalue weighted by molar-refractivity contribution is 5.82. The van der Waals surface area contributed by atoms with E-state index in [1.165, 1.54) is 0 Å². The van der Waals surface area contributed by atoms with Crippen molar-refractivity contribution in [3.63, 3.8) is 0 Å². The number of hydrogen-bond acceptors (Lipinski definition) is 5. The van der Waals surface area contributed by atoms with Crippen LogP contribution in [0.4, 0.5) is 0 Å². The summed E-state index contributed by atoms with van der Waals surface area (Å²) in [4.78, 5) is 43.7. The van der Waals surface area contributed by atoms with Crippen molar-refractivity contribution >= 4 is 23.9 Å². The van der Waals surface area contributed by atoms with E-state index >= 15 is 0 Å². The molecule has 0 fully saturated rings. The van der Waals surface area contributed by atoms with Gasteiger partial charge >= 0.3 is 23.9 Å². The van der Waals surface area contributed by atoms with Crippen molar-refractivity contribution in [2.75, 3.05) is 13.1 Å². The van der Waals surface area contributed by atoms with Crippen molar-refractivity contribution in [2.45, 2.75) is 25.3 Å². The minimum Gasteiger partial charge on any atom is -0.481 e. The molecule has 0 saturated carbocycles. The zero-order valence-corrected chi connectivity index (χ0v) is 10.2. The van der Waals surface area contributed by atoms with Crippen LogP contribution in [0.2, 0.25) is 0 Å². The van der Waals surface area contributed by atoms with Crippen LogP contribution in [-0.4, -0.2) is 67.8 Å². The van der Waals surface area contributed by atoms with Crippen LogP contribution in [0, 0.1) is 0 Å². The first-order valence-corrected chi connectivity index (χ1v) is 5.23. The predicted octanol–water partition coefficient (Wildman–Crippen LogP) is -0.834. The van der Waals surface area contributed by atoms with E-state index < -0.39 is 55.3 Å². The Morgan fingerprint density at radius 1 is 0.895 bits per heavy atom. The third-order valence-electron chi connectivity index (χ3n) is 2.64. The summed E-state index contributed by atoms with van der Waals surface area (Å²) in [6.45, 7) is -0.520. The number of nitrogens with zero attached hydrogens (tertiary/aromatic N) is 1. The topological polar surface area (TPSA) is 152 Å². The molecule has 1 unspecified atom stereocenters. The fraction of sp³-hybridized carbons (Fsp3) is 0.600. The van der Waals surface area contributed by atoms with Gasteiger partial charge in [0.25, 0.3) is 0 Å². The van der Waals surface area contributed by atoms with E-state index in [0.29, 0.717) is 4.90 Å². The molecule has 0 aromatic heterocycles. The minimum atomic E-state index is -1.88. The van der Waals surface area contributed by atoms with Crippen LogP contribution in [0.25, 0.3) is 0 Å². The maximum absolute atomic E-state index is 11.2. The summed E-state index contributed by atoms with van der Waals surface area (Å²) in [6.07, 6.45) is -0.920. The fourth-order valence-electron chi connectivity index (χ4n) is 1.48. The Kier molecular flexibility index (Phi) is 5.93. The third-order valence-corrected chi connectivity index (χ3v) is 2.64. The maximum Gasteiger partial charge on any atom is 0.323 e. The lowest BCUT2D eigenvalue weighted by Gasteiger charge is -2.35. The molecule has 0 heterocycles. The molecule has 4 N–H and O–H groups in total. The average Bonchev–Trinajstić information content (AvgIpc) is 2.23. The van der Waals surface area contributed by atoms with Gasteiger partial charge in [0.15, 0.2) is 0 Å². The lowest BCUT2D eigenvalue weighted by Crippen LogP contribution is -2.56. The van der Waals surface area contributed by atoms with Crippen LogP contribution in [0.15, 0.2) is 0 Å². The van der Waals surface area contributed by atoms with E-state index in [-0.39, 0.29) is 0 Å². The van der Waals surface area contributed by atoms with E-state index in [1.54, 1.807) is 0 Å². The molecule has 0 spiro atoms. The Bertz CT molecular complexity index is 377. The van der Waals surface area contributed by atoms with Gasteiger partial charge in [-0.05, 0) is 13.3 Å². The summed E-state index contributed by atoms with van der Waals surface area (Å²) in [7, 11) is 0. The van der Waals surface area contributed by atoms with Crippen LogP contribution in [0.3, 0.4) is 0 Å². The van der Waals surface area contributed by atoms with Gasteiger partial charge in [-0.25, -0.2) is 0 Å². The van der Waals surface area contributed by atoms with Crippen LogP contribution in [0.5, 0.6) is 0 Å². The Labute approximate surface area is 108 Å². The molecule has 0 aliphatic carbocycles. The summed E-state index contributed by atoms with van der Waals surface area (Å²) < 4.78 is 0. The highest BCUT2D eigenvalue weighted by atomic mass is 16.4. The number of hydrogen-bond donors (Lipinski definition) is 4. The van der Waals surface area contributed by atoms with E-state index in [2.05, 4.69) is 0 Å². The van der Waals surface area contributed by atoms with Gasteiger partial charge in [0.2, 0.25) is 0 Å². The molecule has 0 rings (SSSR count). The van der Waals surface area contributed by atoms with Gasteiger partial charge in [-0.2, -0.15) is 0 Å². The zero-order valence-electron chi connectivity index (χ0n) is 10.2. The standard InChI is InChI=1S/C10H15NO8/c1-10(9(18)19,3-2-6(12)13)11(4-7(14)15)5-8(16)17/h2-5H2,1H3,(H,12,13)(H,14,15)(H,16,17)(H,18,19). The molecule has 0 amide bonds. The van der Waals surface area contributed by atoms with Gasteiger partial charge in [0.1, 0.15) is 5.54 Å². The van der Waals surface area contributed by atoms with Crippen molar-refractivity contribution in [1.29, 1.82) is 0 Å². The Hall–Kier alpha value is -2.16. The molecule has 1 atom stereocenters. The van der Waals surface area contributed by atoms with Gasteiger partial charge < -0.3 is 20.4 Å². The molecular formula is C10H15NO8. The molecule has 0 bridgehead atoms. The van der Waals surface area contributed by atoms with Crippen molar-refractivity contribution in [2.24, 2.45) is 0 Å². The molecule has 0 aliphatic rings. The first-order valence-electron chi connectivity index (χ1n) is 5.23. The van der Waals surface area contributed by atoms with Gasteiger partial charge in [0.05, 0.1) is 13.1 Å². The van der Waals surface area contributed by atoms with E-state index in [9.17, 15) is 19.2 Å². The predicted molar refractivity (Wildman–Crippen MR) is 59.8 cm³/mol. The molecule has 9 nitrogen and oxygen atoms in total. The molecule has 0 saturated heterocycles. The molecule has 0 aromatic carbocycles. The molecule has 19 heavy (non-hydrogen) atoms. The zero-order chi connectivity index (χ0) is 15.2. The van der Waals surface area contributed by atoms with Crippen molar-refractivity contribution in [3.05, 3.63) is 0 Å². The van der Waals surface area contributed by atoms with Crippen molar-refractivity contribution in [1.82, 2.24) is 4.90 Å². The molecule has 0 radical (unpaired) electrons. The lowest BCUT2D eigenvalue weighted by atomic mass is 9.93. The highest BCUT2D eigenvalue weighted by Crippen LogP contribution is 2.22. The van der Waals surface area contributed by atoms with Gasteiger partial charge in [-0.1, -0.05) is 0 Å². The summed E-state index contributed by atoms with van der Waals surface area (Å²) in [5, 5.41) is 35.0. The number of rotatable bonds is 9. The summed E-state index contributed by atoms with van der Waals surface area (Å²) in [5.41, 5.74) is -1.88. The molecule has 0 aromatic rings. The van der Waals surface area contributed by atoms with Crippen LogP contribution < -0.4 is 0 Å². The third kappa shape index (κ3) is 5.34. The second-order valence-corrected chi connectivity index (χ2v) is 4.12.